The normalized spacial score (nSPS) is 16.5. The van der Waals surface area contributed by atoms with Gasteiger partial charge in [0.15, 0.2) is 11.4 Å². The van der Waals surface area contributed by atoms with Crippen LogP contribution in [-0.2, 0) is 29.0 Å². The number of amides is 2. The summed E-state index contributed by atoms with van der Waals surface area (Å²) in [6.45, 7) is -1.06. The second-order valence-corrected chi connectivity index (χ2v) is 10.7. The van der Waals surface area contributed by atoms with Crippen LogP contribution in [0.4, 0.5) is 8.63 Å². The molecule has 3 aromatic rings. The molecule has 6 rings (SSSR count). The van der Waals surface area contributed by atoms with Gasteiger partial charge < -0.3 is 42.9 Å². The van der Waals surface area contributed by atoms with E-state index < -0.39 is 6.97 Å². The molecule has 9 nitrogen and oxygen atoms in total. The van der Waals surface area contributed by atoms with Crippen molar-refractivity contribution in [3.63, 3.8) is 0 Å². The lowest BCUT2D eigenvalue weighted by Crippen LogP contribution is -2.51. The third-order valence-corrected chi connectivity index (χ3v) is 7.86. The number of carbonyl (C=O) groups excluding carboxylic acids is 2. The molecule has 0 fully saturated rings. The fourth-order valence-electron chi connectivity index (χ4n) is 5.79. The summed E-state index contributed by atoms with van der Waals surface area (Å²) in [4.78, 5) is 29.3. The predicted octanol–water partition coefficient (Wildman–Crippen LogP) is 2.91. The van der Waals surface area contributed by atoms with Gasteiger partial charge in [-0.3, -0.25) is 9.59 Å². The van der Waals surface area contributed by atoms with E-state index in [1.807, 2.05) is 18.2 Å². The molecule has 0 atom stereocenters. The van der Waals surface area contributed by atoms with Crippen molar-refractivity contribution >= 4 is 30.6 Å². The number of aromatic amines is 1. The fourth-order valence-corrected chi connectivity index (χ4v) is 5.79. The van der Waals surface area contributed by atoms with Gasteiger partial charge in [0, 0.05) is 75.3 Å². The minimum absolute atomic E-state index is 0.0554. The Morgan fingerprint density at radius 1 is 1.14 bits per heavy atom. The second-order valence-electron chi connectivity index (χ2n) is 10.7. The van der Waals surface area contributed by atoms with Gasteiger partial charge in [0.1, 0.15) is 5.69 Å². The molecule has 2 amide bonds. The average Bonchev–Trinajstić information content (AvgIpc) is 3.77. The van der Waals surface area contributed by atoms with Gasteiger partial charge in [0.05, 0.1) is 13.2 Å². The quantitative estimate of drug-likeness (QED) is 0.229. The van der Waals surface area contributed by atoms with Crippen molar-refractivity contribution in [3.8, 4) is 0 Å². The fraction of sp³-hybridized carbons (Fsp3) is 0.300. The van der Waals surface area contributed by atoms with E-state index in [1.54, 1.807) is 60.6 Å². The molecule has 3 aliphatic rings. The lowest BCUT2D eigenvalue weighted by Gasteiger charge is -2.30. The van der Waals surface area contributed by atoms with E-state index in [9.17, 15) is 9.59 Å². The number of aryl methyl sites for hydroxylation is 1. The maximum Gasteiger partial charge on any atom is 0.737 e. The van der Waals surface area contributed by atoms with Crippen LogP contribution < -0.4 is 10.6 Å². The maximum atomic E-state index is 15.9. The van der Waals surface area contributed by atoms with E-state index in [0.29, 0.717) is 67.9 Å². The smallest absolute Gasteiger partial charge is 0.394 e. The van der Waals surface area contributed by atoms with E-state index in [4.69, 9.17) is 4.74 Å². The highest BCUT2D eigenvalue weighted by Crippen LogP contribution is 2.33. The highest BCUT2D eigenvalue weighted by Gasteiger charge is 2.52. The summed E-state index contributed by atoms with van der Waals surface area (Å²) in [5, 5.41) is 6.10. The first kappa shape index (κ1) is 27.9. The van der Waals surface area contributed by atoms with Crippen molar-refractivity contribution in [2.24, 2.45) is 0 Å². The molecular formula is C30H33BF2N6O3. The van der Waals surface area contributed by atoms with Gasteiger partial charge in [-0.05, 0) is 53.6 Å². The van der Waals surface area contributed by atoms with Crippen LogP contribution in [0, 0.1) is 0 Å². The molecule has 218 valence electrons. The molecule has 0 saturated carbocycles. The number of fused-ring (bicyclic) bond motifs is 3. The molecule has 5 heterocycles. The highest BCUT2D eigenvalue weighted by molar-refractivity contribution is 6.58. The van der Waals surface area contributed by atoms with Crippen LogP contribution in [0.15, 0.2) is 66.5 Å². The first-order valence-electron chi connectivity index (χ1n) is 14.2. The highest BCUT2D eigenvalue weighted by atomic mass is 19.2. The Labute approximate surface area is 242 Å². The minimum atomic E-state index is -4.13. The molecule has 3 aliphatic heterocycles. The number of ether oxygens (including phenoxy) is 1. The van der Waals surface area contributed by atoms with E-state index >= 15 is 8.63 Å². The topological polar surface area (TPSA) is 94.4 Å². The summed E-state index contributed by atoms with van der Waals surface area (Å²) in [6, 6.07) is 12.9. The van der Waals surface area contributed by atoms with Crippen molar-refractivity contribution in [1.82, 2.24) is 25.0 Å². The molecule has 0 bridgehead atoms. The molecule has 0 radical (unpaired) electrons. The van der Waals surface area contributed by atoms with Crippen molar-refractivity contribution in [3.05, 3.63) is 100 Å². The summed E-state index contributed by atoms with van der Waals surface area (Å²) in [5.74, 6) is -0.159. The Hall–Kier alpha value is -4.29. The molecule has 0 spiro atoms. The summed E-state index contributed by atoms with van der Waals surface area (Å²) in [6.07, 6.45) is 7.14. The number of halogens is 2. The molecule has 42 heavy (non-hydrogen) atoms. The van der Waals surface area contributed by atoms with E-state index in [0.717, 1.165) is 25.7 Å². The van der Waals surface area contributed by atoms with E-state index in [-0.39, 0.29) is 24.7 Å². The monoisotopic (exact) mass is 574 g/mol. The largest absolute Gasteiger partial charge is 0.737 e. The molecule has 2 aromatic heterocycles. The number of allylic oxidation sites excluding steroid dienone is 2. The van der Waals surface area contributed by atoms with Crippen molar-refractivity contribution in [2.45, 2.75) is 25.9 Å². The Bertz CT molecular complexity index is 1610. The van der Waals surface area contributed by atoms with Crippen molar-refractivity contribution in [1.29, 1.82) is 0 Å². The average molecular weight is 574 g/mol. The molecule has 0 saturated heterocycles. The van der Waals surface area contributed by atoms with Crippen molar-refractivity contribution in [2.75, 3.05) is 33.4 Å². The standard InChI is InChI=1S/C30H33BF2N6O3/c1-37-20-22-5-4-21(17-26(22)30(37)41)19-34-13-15-42-16-14-36-29(40)11-9-23-6-7-24-18-25-8-10-28(27-3-2-12-35-27)39(25)31(32,33)38(23)24/h2-8,10,12,17-18,34-35H,9,11,13-16,19-20H2,1H3,(H,36,40). The van der Waals surface area contributed by atoms with Gasteiger partial charge in [-0.2, -0.15) is 0 Å². The molecule has 12 heteroatoms. The van der Waals surface area contributed by atoms with Crippen LogP contribution in [0.5, 0.6) is 0 Å². The first-order valence-corrected chi connectivity index (χ1v) is 14.2. The summed E-state index contributed by atoms with van der Waals surface area (Å²) >= 11 is 0. The number of rotatable bonds is 12. The summed E-state index contributed by atoms with van der Waals surface area (Å²) in [7, 11) is 1.80. The van der Waals surface area contributed by atoms with Crippen LogP contribution in [-0.4, -0.2) is 76.7 Å². The number of nitrogens with zero attached hydrogens (tertiary/aromatic N) is 3. The Morgan fingerprint density at radius 3 is 2.83 bits per heavy atom. The molecule has 0 unspecified atom stereocenters. The zero-order valence-electron chi connectivity index (χ0n) is 23.4. The van der Waals surface area contributed by atoms with Gasteiger partial charge in [0.25, 0.3) is 5.91 Å². The third kappa shape index (κ3) is 5.35. The lowest BCUT2D eigenvalue weighted by atomic mass is 9.90. The minimum Gasteiger partial charge on any atom is -0.394 e. The van der Waals surface area contributed by atoms with Gasteiger partial charge in [0.2, 0.25) is 5.91 Å². The van der Waals surface area contributed by atoms with Gasteiger partial charge >= 0.3 is 6.97 Å². The first-order chi connectivity index (χ1) is 20.3. The molecule has 3 N–H and O–H groups in total. The van der Waals surface area contributed by atoms with Crippen LogP contribution in [0.3, 0.4) is 0 Å². The van der Waals surface area contributed by atoms with Crippen LogP contribution in [0.2, 0.25) is 0 Å². The number of nitrogens with one attached hydrogen (secondary N) is 3. The second kappa shape index (κ2) is 11.5. The zero-order valence-corrected chi connectivity index (χ0v) is 23.4. The van der Waals surface area contributed by atoms with Gasteiger partial charge in [-0.15, -0.1) is 0 Å². The Morgan fingerprint density at radius 2 is 2.00 bits per heavy atom. The van der Waals surface area contributed by atoms with Gasteiger partial charge in [-0.1, -0.05) is 12.1 Å². The van der Waals surface area contributed by atoms with Crippen molar-refractivity contribution < 1.29 is 27.4 Å². The number of aromatic nitrogens is 2. The van der Waals surface area contributed by atoms with Crippen LogP contribution >= 0.6 is 0 Å². The summed E-state index contributed by atoms with van der Waals surface area (Å²) in [5.41, 5.74) is 5.20. The predicted molar refractivity (Wildman–Crippen MR) is 156 cm³/mol. The zero-order chi connectivity index (χ0) is 29.3. The number of benzene rings is 1. The van der Waals surface area contributed by atoms with Crippen LogP contribution in [0.25, 0.3) is 6.08 Å². The lowest BCUT2D eigenvalue weighted by molar-refractivity contribution is -0.360. The SMILES string of the molecule is CN1Cc2ccc(CNCCOCCNC(=O)CCc3ccc4n3[B-](F)(F)[N+]3=C(c5ccc[nH]5)C=CC3=C4)cc2C1=O. The number of hydrogen-bond donors (Lipinski definition) is 3. The third-order valence-electron chi connectivity index (χ3n) is 7.86. The van der Waals surface area contributed by atoms with E-state index in [1.165, 1.54) is 0 Å². The Kier molecular flexibility index (Phi) is 7.65. The number of carbonyl (C=O) groups is 2. The number of hydrogen-bond acceptors (Lipinski definition) is 4. The van der Waals surface area contributed by atoms with Gasteiger partial charge in [-0.25, -0.2) is 0 Å². The maximum absolute atomic E-state index is 15.9. The Balaban J connectivity index is 0.923. The van der Waals surface area contributed by atoms with E-state index in [2.05, 4.69) is 15.6 Å². The summed E-state index contributed by atoms with van der Waals surface area (Å²) < 4.78 is 39.5. The van der Waals surface area contributed by atoms with Crippen LogP contribution in [0.1, 0.15) is 45.0 Å². The molecular weight excluding hydrogens is 541 g/mol. The molecule has 1 aromatic carbocycles. The molecule has 0 aliphatic carbocycles. The number of H-pyrrole nitrogens is 1.